The quantitative estimate of drug-likeness (QED) is 0.370. The molecule has 0 spiro atoms. The first-order chi connectivity index (χ1) is 12.5. The molecule has 2 aromatic rings. The first-order valence-electron chi connectivity index (χ1n) is 6.88. The Labute approximate surface area is 161 Å². The van der Waals surface area contributed by atoms with Crippen molar-refractivity contribution in [3.05, 3.63) is 62.7 Å². The van der Waals surface area contributed by atoms with Gasteiger partial charge in [0.15, 0.2) is 0 Å². The number of nitro groups is 1. The Kier molecular flexibility index (Phi) is 7.88. The molecule has 0 aliphatic carbocycles. The Morgan fingerprint density at radius 1 is 1.30 bits per heavy atom. The second-order valence-corrected chi connectivity index (χ2v) is 5.56. The van der Waals surface area contributed by atoms with Crippen LogP contribution in [0.3, 0.4) is 0 Å². The number of halogens is 4. The van der Waals surface area contributed by atoms with Crippen molar-refractivity contribution < 1.29 is 32.7 Å². The standard InChI is InChI=1S/C14H7ClF3NO5.CH5NS/c15-10-5-7(14(16,17)18)1-4-12(10)24-8-2-3-11(19(22)23)9(6-8)13(20)21;1-2-3/h1-6H,(H,20,21);2-3H,1H3. The van der Waals surface area contributed by atoms with Crippen molar-refractivity contribution in [3.8, 4) is 11.5 Å². The Morgan fingerprint density at radius 3 is 2.33 bits per heavy atom. The van der Waals surface area contributed by atoms with E-state index in [-0.39, 0.29) is 16.5 Å². The molecule has 0 amide bonds. The molecule has 146 valence electrons. The lowest BCUT2D eigenvalue weighted by Crippen LogP contribution is -2.05. The van der Waals surface area contributed by atoms with Gasteiger partial charge in [-0.3, -0.25) is 14.8 Å². The number of alkyl halides is 3. The zero-order chi connectivity index (χ0) is 20.8. The average Bonchev–Trinajstić information content (AvgIpc) is 2.56. The third kappa shape index (κ3) is 6.31. The number of ether oxygens (including phenoxy) is 1. The van der Waals surface area contributed by atoms with Crippen LogP contribution in [0.5, 0.6) is 11.5 Å². The van der Waals surface area contributed by atoms with Gasteiger partial charge in [-0.1, -0.05) is 24.4 Å². The highest BCUT2D eigenvalue weighted by Gasteiger charge is 2.31. The number of carbonyl (C=O) groups is 1. The molecule has 0 saturated heterocycles. The maximum atomic E-state index is 12.6. The third-order valence-electron chi connectivity index (χ3n) is 2.88. The third-order valence-corrected chi connectivity index (χ3v) is 3.18. The van der Waals surface area contributed by atoms with Gasteiger partial charge >= 0.3 is 12.1 Å². The Hall–Kier alpha value is -2.50. The van der Waals surface area contributed by atoms with E-state index in [1.807, 2.05) is 0 Å². The van der Waals surface area contributed by atoms with Crippen LogP contribution in [-0.4, -0.2) is 23.0 Å². The predicted octanol–water partition coefficient (Wildman–Crippen LogP) is 4.81. The van der Waals surface area contributed by atoms with Gasteiger partial charge < -0.3 is 9.84 Å². The predicted molar refractivity (Wildman–Crippen MR) is 94.6 cm³/mol. The fourth-order valence-corrected chi connectivity index (χ4v) is 2.02. The molecule has 0 unspecified atom stereocenters. The number of carboxylic acids is 1. The zero-order valence-electron chi connectivity index (χ0n) is 13.5. The van der Waals surface area contributed by atoms with E-state index in [1.54, 1.807) is 7.05 Å². The largest absolute Gasteiger partial charge is 0.477 e. The smallest absolute Gasteiger partial charge is 0.416 e. The monoisotopic (exact) mass is 424 g/mol. The Bertz CT molecular complexity index is 849. The summed E-state index contributed by atoms with van der Waals surface area (Å²) >= 11 is 9.26. The number of thiol groups is 1. The van der Waals surface area contributed by atoms with Gasteiger partial charge in [0, 0.05) is 12.1 Å². The van der Waals surface area contributed by atoms with Crippen molar-refractivity contribution in [1.82, 2.24) is 4.72 Å². The summed E-state index contributed by atoms with van der Waals surface area (Å²) in [6, 6.07) is 5.27. The number of rotatable bonds is 4. The van der Waals surface area contributed by atoms with Crippen LogP contribution in [-0.2, 0) is 6.18 Å². The number of nitrogens with one attached hydrogen (secondary N) is 1. The van der Waals surface area contributed by atoms with E-state index in [4.69, 9.17) is 21.4 Å². The number of aromatic carboxylic acids is 1. The normalized spacial score (nSPS) is 10.6. The van der Waals surface area contributed by atoms with Crippen LogP contribution in [0.2, 0.25) is 5.02 Å². The summed E-state index contributed by atoms with van der Waals surface area (Å²) in [6.45, 7) is 0. The summed E-state index contributed by atoms with van der Waals surface area (Å²) in [4.78, 5) is 20.9. The van der Waals surface area contributed by atoms with Gasteiger partial charge in [0.1, 0.15) is 17.1 Å². The van der Waals surface area contributed by atoms with Gasteiger partial charge in [-0.2, -0.15) is 13.2 Å². The first kappa shape index (κ1) is 22.5. The van der Waals surface area contributed by atoms with Gasteiger partial charge in [0.2, 0.25) is 0 Å². The summed E-state index contributed by atoms with van der Waals surface area (Å²) in [5, 5.41) is 19.4. The minimum atomic E-state index is -4.58. The molecule has 12 heteroatoms. The van der Waals surface area contributed by atoms with E-state index in [2.05, 4.69) is 17.5 Å². The number of hydrogen-bond donors (Lipinski definition) is 3. The van der Waals surface area contributed by atoms with Crippen molar-refractivity contribution in [2.75, 3.05) is 7.05 Å². The van der Waals surface area contributed by atoms with Crippen LogP contribution in [0.4, 0.5) is 18.9 Å². The number of nitro benzene ring substituents is 1. The highest BCUT2D eigenvalue weighted by molar-refractivity contribution is 7.78. The molecule has 0 bridgehead atoms. The molecule has 0 heterocycles. The van der Waals surface area contributed by atoms with Gasteiger partial charge in [-0.05, 0) is 31.3 Å². The lowest BCUT2D eigenvalue weighted by Gasteiger charge is -2.11. The minimum Gasteiger partial charge on any atom is -0.477 e. The number of carboxylic acid groups (broad SMARTS) is 1. The lowest BCUT2D eigenvalue weighted by molar-refractivity contribution is -0.385. The SMILES string of the molecule is CNS.O=C(O)c1cc(Oc2ccc(C(F)(F)F)cc2Cl)ccc1[N+](=O)[O-]. The van der Waals surface area contributed by atoms with E-state index < -0.39 is 33.9 Å². The average molecular weight is 425 g/mol. The van der Waals surface area contributed by atoms with Gasteiger partial charge in [0.25, 0.3) is 5.69 Å². The topological polar surface area (TPSA) is 102 Å². The molecule has 0 atom stereocenters. The molecule has 0 aliphatic rings. The summed E-state index contributed by atoms with van der Waals surface area (Å²) < 4.78 is 45.3. The van der Waals surface area contributed by atoms with Crippen LogP contribution in [0.25, 0.3) is 0 Å². The molecule has 7 nitrogen and oxygen atoms in total. The van der Waals surface area contributed by atoms with E-state index >= 15 is 0 Å². The van der Waals surface area contributed by atoms with Crippen LogP contribution < -0.4 is 9.46 Å². The first-order valence-corrected chi connectivity index (χ1v) is 7.71. The Balaban J connectivity index is 0.00000114. The van der Waals surface area contributed by atoms with Crippen molar-refractivity contribution in [1.29, 1.82) is 0 Å². The van der Waals surface area contributed by atoms with E-state index in [0.29, 0.717) is 6.07 Å². The molecule has 0 radical (unpaired) electrons. The van der Waals surface area contributed by atoms with Crippen molar-refractivity contribution in [2.45, 2.75) is 6.18 Å². The molecule has 0 aliphatic heterocycles. The van der Waals surface area contributed by atoms with Crippen LogP contribution in [0.1, 0.15) is 15.9 Å². The highest BCUT2D eigenvalue weighted by Crippen LogP contribution is 2.37. The molecule has 0 saturated carbocycles. The molecular weight excluding hydrogens is 413 g/mol. The number of hydrogen-bond acceptors (Lipinski definition) is 6. The maximum absolute atomic E-state index is 12.6. The van der Waals surface area contributed by atoms with Crippen LogP contribution >= 0.6 is 24.4 Å². The highest BCUT2D eigenvalue weighted by atomic mass is 35.5. The molecule has 2 rings (SSSR count). The second-order valence-electron chi connectivity index (χ2n) is 4.71. The van der Waals surface area contributed by atoms with Crippen LogP contribution in [0.15, 0.2) is 36.4 Å². The molecule has 0 fully saturated rings. The Morgan fingerprint density at radius 2 is 1.89 bits per heavy atom. The van der Waals surface area contributed by atoms with Gasteiger partial charge in [-0.15, -0.1) is 0 Å². The second kappa shape index (κ2) is 9.44. The molecular formula is C15H12ClF3N2O5S. The van der Waals surface area contributed by atoms with E-state index in [9.17, 15) is 28.1 Å². The van der Waals surface area contributed by atoms with Gasteiger partial charge in [0.05, 0.1) is 15.5 Å². The van der Waals surface area contributed by atoms with Crippen LogP contribution in [0, 0.1) is 10.1 Å². The molecule has 27 heavy (non-hydrogen) atoms. The zero-order valence-corrected chi connectivity index (χ0v) is 15.1. The van der Waals surface area contributed by atoms with Crippen molar-refractivity contribution in [3.63, 3.8) is 0 Å². The number of benzene rings is 2. The minimum absolute atomic E-state index is 0.125. The fraction of sp³-hybridized carbons (Fsp3) is 0.133. The van der Waals surface area contributed by atoms with E-state index in [0.717, 1.165) is 30.3 Å². The summed E-state index contributed by atoms with van der Waals surface area (Å²) in [5.41, 5.74) is -2.25. The van der Waals surface area contributed by atoms with E-state index in [1.165, 1.54) is 0 Å². The number of nitrogens with zero attached hydrogens (tertiary/aromatic N) is 1. The molecule has 2 aromatic carbocycles. The fourth-order valence-electron chi connectivity index (χ4n) is 1.80. The summed E-state index contributed by atoms with van der Waals surface area (Å²) in [7, 11) is 1.74. The summed E-state index contributed by atoms with van der Waals surface area (Å²) in [5.74, 6) is -1.83. The maximum Gasteiger partial charge on any atom is 0.416 e. The molecule has 2 N–H and O–H groups in total. The van der Waals surface area contributed by atoms with Gasteiger partial charge in [-0.25, -0.2) is 4.79 Å². The summed E-state index contributed by atoms with van der Waals surface area (Å²) in [6.07, 6.45) is -4.58. The van der Waals surface area contributed by atoms with Crippen molar-refractivity contribution in [2.24, 2.45) is 0 Å². The lowest BCUT2D eigenvalue weighted by atomic mass is 10.1. The molecule has 0 aromatic heterocycles. The van der Waals surface area contributed by atoms with Crippen molar-refractivity contribution >= 4 is 36.1 Å².